The average molecular weight is 1450 g/mol. The summed E-state index contributed by atoms with van der Waals surface area (Å²) in [5.41, 5.74) is -0.653. The van der Waals surface area contributed by atoms with E-state index in [0.717, 1.165) is 74.0 Å². The van der Waals surface area contributed by atoms with Gasteiger partial charge in [0.25, 0.3) is 17.7 Å². The van der Waals surface area contributed by atoms with Crippen LogP contribution in [0.4, 0.5) is 26.3 Å². The minimum atomic E-state index is -4.65. The fraction of sp³-hybridized carbons (Fsp3) is 0.486. The van der Waals surface area contributed by atoms with Gasteiger partial charge in [0.1, 0.15) is 34.2 Å². The number of alkyl halides is 6. The Morgan fingerprint density at radius 3 is 1.38 bits per heavy atom. The van der Waals surface area contributed by atoms with Gasteiger partial charge in [0.2, 0.25) is 20.0 Å². The van der Waals surface area contributed by atoms with Crippen LogP contribution in [-0.2, 0) is 54.8 Å². The maximum absolute atomic E-state index is 13.7. The summed E-state index contributed by atoms with van der Waals surface area (Å²) < 4.78 is 148. The van der Waals surface area contributed by atoms with Crippen LogP contribution < -0.4 is 25.4 Å². The van der Waals surface area contributed by atoms with Crippen molar-refractivity contribution >= 4 is 55.4 Å². The molecule has 0 unspecified atom stereocenters. The number of carbonyl (C=O) groups excluding carboxylic acids is 3. The molecule has 0 aromatic heterocycles. The van der Waals surface area contributed by atoms with Gasteiger partial charge >= 0.3 is 18.3 Å². The zero-order chi connectivity index (χ0) is 74.2. The maximum Gasteiger partial charge on any atom is 0.416 e. The number of hydrogen-bond acceptors (Lipinski definition) is 13. The summed E-state index contributed by atoms with van der Waals surface area (Å²) in [6, 6.07) is 16.2. The van der Waals surface area contributed by atoms with E-state index < -0.39 is 72.4 Å². The number of hydrogen-bond donors (Lipinski definition) is 4. The SMILES string of the molecule is C=CCCCCCCN(C)C(=O)c1ccc(CCS(=O)(=O)N2CCC3(CC2)N=C(c2cc(OCCC=C)cc(C(F)(F)F)c2)NC3=O)c(C)c1.C=CCCCCCCNC.C=CCCOc1cc(C2=NC3(CCN(S(=O)(=O)CCc4ccc(C(=O)O)cc4C)CC3)C(=O)N2)cc(C(F)(F)F)c1. The van der Waals surface area contributed by atoms with Crippen LogP contribution in [0.2, 0.25) is 0 Å². The van der Waals surface area contributed by atoms with Crippen molar-refractivity contribution in [3.8, 4) is 11.5 Å². The van der Waals surface area contributed by atoms with Gasteiger partial charge in [-0.2, -0.15) is 26.3 Å². The van der Waals surface area contributed by atoms with Crippen LogP contribution in [0.25, 0.3) is 0 Å². The van der Waals surface area contributed by atoms with Crippen LogP contribution in [0.1, 0.15) is 168 Å². The van der Waals surface area contributed by atoms with Crippen LogP contribution in [-0.4, -0.2) is 160 Å². The lowest BCUT2D eigenvalue weighted by molar-refractivity contribution is -0.138. The van der Waals surface area contributed by atoms with E-state index in [1.54, 1.807) is 55.3 Å². The molecule has 4 aromatic carbocycles. The number of rotatable bonds is 34. The Morgan fingerprint density at radius 2 is 0.990 bits per heavy atom. The standard InChI is InChI=1S/C37H47F3N4O5S.C28H30F3N3O6S.C9H19N/c1-5-7-9-10-11-12-18-43(4)34(45)29-14-13-28(27(3)23-29)15-22-50(47,48)44-19-16-36(17-20-44)35(46)41-33(42-36)30-24-31(37(38,39)40)26-32(25-30)49-21-8-6-2;1-3-4-12-40-23-16-21(15-22(17-23)28(29,30)31)24-32-26(37)27(33-24)8-10-34(11-9-27)41(38,39)13-7-19-5-6-20(25(35)36)14-18(19)2;1-3-4-5-6-7-8-9-10-2/h5-6,13-14,23-26H,1-2,7-12,15-22H2,3-4H3,(H,41,42,46);3,5-6,14-17H,1,4,7-13H2,2H3,(H,35,36)(H,32,33,37);3,10H,1,4-9H2,2H3. The topological polar surface area (TPSA) is 246 Å². The number of nitrogens with zero attached hydrogens (tertiary/aromatic N) is 5. The van der Waals surface area contributed by atoms with Crippen molar-refractivity contribution in [2.75, 3.05) is 78.1 Å². The smallest absolute Gasteiger partial charge is 0.416 e. The predicted molar refractivity (Wildman–Crippen MR) is 382 cm³/mol. The van der Waals surface area contributed by atoms with Crippen LogP contribution in [0, 0.1) is 13.8 Å². The Labute approximate surface area is 590 Å². The summed E-state index contributed by atoms with van der Waals surface area (Å²) >= 11 is 0. The van der Waals surface area contributed by atoms with Gasteiger partial charge in [0.15, 0.2) is 0 Å². The lowest BCUT2D eigenvalue weighted by atomic mass is 9.89. The molecular formula is C74H96F6N8O11S2. The largest absolute Gasteiger partial charge is 0.493 e. The quantitative estimate of drug-likeness (QED) is 0.0194. The van der Waals surface area contributed by atoms with E-state index in [4.69, 9.17) is 14.6 Å². The lowest BCUT2D eigenvalue weighted by Crippen LogP contribution is -2.50. The molecule has 8 rings (SSSR count). The van der Waals surface area contributed by atoms with E-state index >= 15 is 0 Å². The number of allylic oxidation sites excluding steroid dienone is 2. The van der Waals surface area contributed by atoms with E-state index in [0.29, 0.717) is 36.1 Å². The highest BCUT2D eigenvalue weighted by atomic mass is 32.2. The highest BCUT2D eigenvalue weighted by molar-refractivity contribution is 7.89. The van der Waals surface area contributed by atoms with Gasteiger partial charge in [-0.1, -0.05) is 62.1 Å². The van der Waals surface area contributed by atoms with Crippen molar-refractivity contribution in [3.63, 3.8) is 0 Å². The zero-order valence-electron chi connectivity index (χ0n) is 58.2. The minimum absolute atomic E-state index is 0.00572. The van der Waals surface area contributed by atoms with Crippen molar-refractivity contribution in [2.45, 2.75) is 153 Å². The van der Waals surface area contributed by atoms with E-state index in [1.807, 2.05) is 26.1 Å². The Bertz CT molecular complexity index is 3860. The van der Waals surface area contributed by atoms with Gasteiger partial charge in [0, 0.05) is 56.5 Å². The maximum atomic E-state index is 13.7. The molecule has 2 saturated heterocycles. The summed E-state index contributed by atoms with van der Waals surface area (Å²) in [6.45, 7) is 20.3. The minimum Gasteiger partial charge on any atom is -0.493 e. The number of carbonyl (C=O) groups is 4. The first-order valence-corrected chi connectivity index (χ1v) is 37.3. The van der Waals surface area contributed by atoms with Gasteiger partial charge in [-0.25, -0.2) is 30.2 Å². The number of nitrogens with one attached hydrogen (secondary N) is 3. The highest BCUT2D eigenvalue weighted by Gasteiger charge is 2.49. The van der Waals surface area contributed by atoms with Crippen molar-refractivity contribution in [2.24, 2.45) is 9.98 Å². The molecular weight excluding hydrogens is 1350 g/mol. The number of aromatic carboxylic acids is 1. The molecule has 0 bridgehead atoms. The molecule has 2 fully saturated rings. The molecule has 0 radical (unpaired) electrons. The fourth-order valence-electron chi connectivity index (χ4n) is 12.0. The summed E-state index contributed by atoms with van der Waals surface area (Å²) in [5, 5.41) is 17.5. The number of unbranched alkanes of at least 4 members (excludes halogenated alkanes) is 8. The number of aryl methyl sites for hydroxylation is 4. The first-order chi connectivity index (χ1) is 47.8. The first kappa shape index (κ1) is 82.0. The number of amides is 3. The number of piperidine rings is 2. The second-order valence-corrected chi connectivity index (χ2v) is 29.7. The third-order valence-corrected chi connectivity index (χ3v) is 21.8. The number of carboxylic acids is 1. The number of halogens is 6. The molecule has 3 amide bonds. The molecule has 4 aliphatic rings. The van der Waals surface area contributed by atoms with E-state index in [9.17, 15) is 62.4 Å². The van der Waals surface area contributed by atoms with Crippen LogP contribution in [0.15, 0.2) is 133 Å². The van der Waals surface area contributed by atoms with E-state index in [2.05, 4.69) is 52.3 Å². The number of benzene rings is 4. The Morgan fingerprint density at radius 1 is 0.594 bits per heavy atom. The van der Waals surface area contributed by atoms with Crippen molar-refractivity contribution in [1.82, 2.24) is 29.5 Å². The molecule has 2 spiro atoms. The number of aliphatic imine (C=N–C) groups is 2. The van der Waals surface area contributed by atoms with Gasteiger partial charge in [-0.05, 0) is 200 Å². The predicted octanol–water partition coefficient (Wildman–Crippen LogP) is 12.8. The summed E-state index contributed by atoms with van der Waals surface area (Å²) in [5.74, 6) is -2.54. The molecule has 0 atom stereocenters. The molecule has 27 heteroatoms. The van der Waals surface area contributed by atoms with Crippen LogP contribution >= 0.6 is 0 Å². The molecule has 552 valence electrons. The number of amidine groups is 2. The van der Waals surface area contributed by atoms with E-state index in [-0.39, 0.29) is 135 Å². The monoisotopic (exact) mass is 1450 g/mol. The Kier molecular flexibility index (Phi) is 30.7. The third-order valence-electron chi connectivity index (χ3n) is 18.1. The van der Waals surface area contributed by atoms with Crippen molar-refractivity contribution in [3.05, 3.63) is 179 Å². The molecule has 0 saturated carbocycles. The summed E-state index contributed by atoms with van der Waals surface area (Å²) in [6.07, 6.45) is 11.1. The molecule has 19 nitrogen and oxygen atoms in total. The molecule has 4 heterocycles. The normalized spacial score (nSPS) is 16.0. The molecule has 4 aromatic rings. The second kappa shape index (κ2) is 37.8. The van der Waals surface area contributed by atoms with Crippen LogP contribution in [0.3, 0.4) is 0 Å². The summed E-state index contributed by atoms with van der Waals surface area (Å²) in [7, 11) is -3.62. The molecule has 4 N–H and O–H groups in total. The first-order valence-electron chi connectivity index (χ1n) is 34.1. The highest BCUT2D eigenvalue weighted by Crippen LogP contribution is 2.39. The Hall–Kier alpha value is -7.98. The molecule has 0 aliphatic carbocycles. The number of ether oxygens (including phenoxy) is 2. The molecule has 4 aliphatic heterocycles. The average Bonchev–Trinajstić information content (AvgIpc) is 1.73. The summed E-state index contributed by atoms with van der Waals surface area (Å²) in [4.78, 5) is 61.0. The van der Waals surface area contributed by atoms with Gasteiger partial charge in [-0.3, -0.25) is 24.4 Å². The van der Waals surface area contributed by atoms with Gasteiger partial charge < -0.3 is 35.4 Å². The number of carboxylic acid groups (broad SMARTS) is 1. The lowest BCUT2D eigenvalue weighted by Gasteiger charge is -2.34. The Balaban J connectivity index is 0.000000283. The fourth-order valence-corrected chi connectivity index (χ4v) is 14.9. The van der Waals surface area contributed by atoms with Gasteiger partial charge in [-0.15, -0.1) is 26.3 Å². The van der Waals surface area contributed by atoms with Gasteiger partial charge in [0.05, 0.1) is 41.4 Å². The second-order valence-electron chi connectivity index (χ2n) is 25.6. The number of sulfonamides is 2. The zero-order valence-corrected chi connectivity index (χ0v) is 59.8. The third kappa shape index (κ3) is 23.8. The van der Waals surface area contributed by atoms with Crippen molar-refractivity contribution < 1.29 is 76.9 Å². The van der Waals surface area contributed by atoms with E-state index in [1.165, 1.54) is 65.0 Å². The molecule has 101 heavy (non-hydrogen) atoms. The van der Waals surface area contributed by atoms with Crippen LogP contribution in [0.5, 0.6) is 11.5 Å². The van der Waals surface area contributed by atoms with Crippen molar-refractivity contribution in [1.29, 1.82) is 0 Å².